The Morgan fingerprint density at radius 3 is 2.86 bits per heavy atom. The predicted molar refractivity (Wildman–Crippen MR) is 81.5 cm³/mol. The minimum atomic E-state index is 0.0756. The number of thiazole rings is 1. The molecule has 21 heavy (non-hydrogen) atoms. The lowest BCUT2D eigenvalue weighted by atomic mass is 10.1. The maximum Gasteiger partial charge on any atom is 0.273 e. The number of amides is 1. The highest BCUT2D eigenvalue weighted by atomic mass is 32.1. The molecule has 2 saturated heterocycles. The Morgan fingerprint density at radius 1 is 1.19 bits per heavy atom. The van der Waals surface area contributed by atoms with Crippen LogP contribution in [0, 0.1) is 0 Å². The third-order valence-electron chi connectivity index (χ3n) is 4.43. The Kier molecular flexibility index (Phi) is 3.11. The number of pyridine rings is 1. The lowest BCUT2D eigenvalue weighted by molar-refractivity contribution is 0.0732. The smallest absolute Gasteiger partial charge is 0.273 e. The maximum atomic E-state index is 12.5. The van der Waals surface area contributed by atoms with E-state index in [0.29, 0.717) is 17.8 Å². The topological polar surface area (TPSA) is 49.3 Å². The molecule has 0 bridgehead atoms. The minimum absolute atomic E-state index is 0.0756. The molecule has 2 aliphatic rings. The molecule has 108 valence electrons. The fourth-order valence-corrected chi connectivity index (χ4v) is 4.04. The third-order valence-corrected chi connectivity index (χ3v) is 5.02. The largest absolute Gasteiger partial charge is 0.351 e. The highest BCUT2D eigenvalue weighted by Gasteiger charge is 2.45. The van der Waals surface area contributed by atoms with Crippen LogP contribution in [0.2, 0.25) is 0 Å². The molecule has 2 aromatic heterocycles. The van der Waals surface area contributed by atoms with Crippen molar-refractivity contribution in [3.8, 4) is 0 Å². The number of hydrogen-bond acceptors (Lipinski definition) is 5. The highest BCUT2D eigenvalue weighted by Crippen LogP contribution is 2.34. The molecule has 0 unspecified atom stereocenters. The molecule has 1 amide bonds. The van der Waals surface area contributed by atoms with Gasteiger partial charge in [0.1, 0.15) is 11.5 Å². The van der Waals surface area contributed by atoms with Gasteiger partial charge in [0.2, 0.25) is 0 Å². The first kappa shape index (κ1) is 12.8. The second-order valence-electron chi connectivity index (χ2n) is 5.47. The van der Waals surface area contributed by atoms with E-state index in [2.05, 4.69) is 14.9 Å². The van der Waals surface area contributed by atoms with Crippen LogP contribution in [-0.4, -0.2) is 45.9 Å². The van der Waals surface area contributed by atoms with Crippen molar-refractivity contribution in [1.29, 1.82) is 0 Å². The molecule has 0 radical (unpaired) electrons. The number of anilines is 1. The summed E-state index contributed by atoms with van der Waals surface area (Å²) in [6, 6.07) is 6.68. The van der Waals surface area contributed by atoms with E-state index in [1.54, 1.807) is 5.51 Å². The minimum Gasteiger partial charge on any atom is -0.351 e. The Morgan fingerprint density at radius 2 is 2.10 bits per heavy atom. The molecule has 4 heterocycles. The average Bonchev–Trinajstić information content (AvgIpc) is 3.24. The van der Waals surface area contributed by atoms with Gasteiger partial charge >= 0.3 is 0 Å². The summed E-state index contributed by atoms with van der Waals surface area (Å²) in [7, 11) is 0. The van der Waals surface area contributed by atoms with Gasteiger partial charge in [-0.05, 0) is 25.0 Å². The molecular weight excluding hydrogens is 284 g/mol. The highest BCUT2D eigenvalue weighted by molar-refractivity contribution is 7.07. The number of nitrogens with zero attached hydrogens (tertiary/aromatic N) is 4. The fourth-order valence-electron chi connectivity index (χ4n) is 3.51. The van der Waals surface area contributed by atoms with Crippen LogP contribution in [0.1, 0.15) is 23.3 Å². The lowest BCUT2D eigenvalue weighted by Gasteiger charge is -2.25. The summed E-state index contributed by atoms with van der Waals surface area (Å²) in [6.07, 6.45) is 3.85. The SMILES string of the molecule is O=C(c1cscn1)N1CC[C@H]2[C@@H]1CCN2c1ccccn1. The Balaban J connectivity index is 1.55. The Hall–Kier alpha value is -1.95. The van der Waals surface area contributed by atoms with Gasteiger partial charge < -0.3 is 9.80 Å². The predicted octanol–water partition coefficient (Wildman–Crippen LogP) is 2.03. The molecule has 0 saturated carbocycles. The van der Waals surface area contributed by atoms with Gasteiger partial charge in [0, 0.05) is 24.7 Å². The van der Waals surface area contributed by atoms with E-state index in [4.69, 9.17) is 0 Å². The number of aromatic nitrogens is 2. The summed E-state index contributed by atoms with van der Waals surface area (Å²) in [5, 5.41) is 1.83. The van der Waals surface area contributed by atoms with E-state index in [9.17, 15) is 4.79 Å². The molecule has 0 aromatic carbocycles. The van der Waals surface area contributed by atoms with Gasteiger partial charge in [-0.2, -0.15) is 0 Å². The molecular formula is C15H16N4OS. The average molecular weight is 300 g/mol. The summed E-state index contributed by atoms with van der Waals surface area (Å²) >= 11 is 1.47. The van der Waals surface area contributed by atoms with Crippen LogP contribution in [-0.2, 0) is 0 Å². The van der Waals surface area contributed by atoms with Crippen molar-refractivity contribution < 1.29 is 4.79 Å². The number of carbonyl (C=O) groups excluding carboxylic acids is 1. The molecule has 0 spiro atoms. The van der Waals surface area contributed by atoms with Crippen LogP contribution in [0.5, 0.6) is 0 Å². The van der Waals surface area contributed by atoms with Crippen molar-refractivity contribution in [2.75, 3.05) is 18.0 Å². The molecule has 5 nitrogen and oxygen atoms in total. The molecule has 6 heteroatoms. The van der Waals surface area contributed by atoms with Crippen molar-refractivity contribution in [2.24, 2.45) is 0 Å². The first-order chi connectivity index (χ1) is 10.3. The van der Waals surface area contributed by atoms with E-state index in [1.807, 2.05) is 34.7 Å². The number of fused-ring (bicyclic) bond motifs is 1. The van der Waals surface area contributed by atoms with E-state index in [0.717, 1.165) is 31.7 Å². The summed E-state index contributed by atoms with van der Waals surface area (Å²) in [5.74, 6) is 1.10. The van der Waals surface area contributed by atoms with Crippen LogP contribution in [0.15, 0.2) is 35.3 Å². The molecule has 2 fully saturated rings. The molecule has 2 atom stereocenters. The van der Waals surface area contributed by atoms with Gasteiger partial charge in [-0.3, -0.25) is 4.79 Å². The van der Waals surface area contributed by atoms with Crippen molar-refractivity contribution in [3.63, 3.8) is 0 Å². The van der Waals surface area contributed by atoms with Crippen molar-refractivity contribution in [2.45, 2.75) is 24.9 Å². The summed E-state index contributed by atoms with van der Waals surface area (Å²) in [6.45, 7) is 1.78. The van der Waals surface area contributed by atoms with Gasteiger partial charge in [-0.25, -0.2) is 9.97 Å². The molecule has 0 N–H and O–H groups in total. The standard InChI is InChI=1S/C15H16N4OS/c20-15(11-9-21-10-17-11)19-8-5-12-13(19)4-7-18(12)14-3-1-2-6-16-14/h1-3,6,9-10,12-13H,4-5,7-8H2/t12-,13-/m0/s1. The zero-order chi connectivity index (χ0) is 14.2. The van der Waals surface area contributed by atoms with Crippen molar-refractivity contribution in [1.82, 2.24) is 14.9 Å². The van der Waals surface area contributed by atoms with Gasteiger partial charge in [0.25, 0.3) is 5.91 Å². The summed E-state index contributed by atoms with van der Waals surface area (Å²) in [4.78, 5) is 25.5. The van der Waals surface area contributed by atoms with Crippen molar-refractivity contribution in [3.05, 3.63) is 41.0 Å². The van der Waals surface area contributed by atoms with Crippen LogP contribution >= 0.6 is 11.3 Å². The summed E-state index contributed by atoms with van der Waals surface area (Å²) in [5.41, 5.74) is 2.30. The Bertz CT molecular complexity index is 630. The van der Waals surface area contributed by atoms with Gasteiger partial charge in [-0.1, -0.05) is 6.07 Å². The number of likely N-dealkylation sites (tertiary alicyclic amines) is 1. The molecule has 2 aromatic rings. The normalized spacial score (nSPS) is 24.4. The third kappa shape index (κ3) is 2.10. The summed E-state index contributed by atoms with van der Waals surface area (Å²) < 4.78 is 0. The zero-order valence-electron chi connectivity index (χ0n) is 11.6. The van der Waals surface area contributed by atoms with Gasteiger partial charge in [0.05, 0.1) is 17.6 Å². The van der Waals surface area contributed by atoms with Crippen LogP contribution < -0.4 is 4.90 Å². The zero-order valence-corrected chi connectivity index (χ0v) is 12.4. The second kappa shape index (κ2) is 5.11. The number of rotatable bonds is 2. The van der Waals surface area contributed by atoms with Gasteiger partial charge in [0.15, 0.2) is 0 Å². The van der Waals surface area contributed by atoms with E-state index in [1.165, 1.54) is 11.3 Å². The van der Waals surface area contributed by atoms with E-state index in [-0.39, 0.29) is 5.91 Å². The number of hydrogen-bond donors (Lipinski definition) is 0. The monoisotopic (exact) mass is 300 g/mol. The first-order valence-corrected chi connectivity index (χ1v) is 8.16. The molecule has 0 aliphatic carbocycles. The van der Waals surface area contributed by atoms with E-state index < -0.39 is 0 Å². The van der Waals surface area contributed by atoms with Crippen LogP contribution in [0.3, 0.4) is 0 Å². The Labute approximate surface area is 127 Å². The first-order valence-electron chi connectivity index (χ1n) is 7.21. The molecule has 4 rings (SSSR count). The van der Waals surface area contributed by atoms with Crippen molar-refractivity contribution >= 4 is 23.1 Å². The van der Waals surface area contributed by atoms with Crippen LogP contribution in [0.4, 0.5) is 5.82 Å². The number of carbonyl (C=O) groups is 1. The quantitative estimate of drug-likeness (QED) is 0.851. The fraction of sp³-hybridized carbons (Fsp3) is 0.400. The van der Waals surface area contributed by atoms with E-state index >= 15 is 0 Å². The maximum absolute atomic E-state index is 12.5. The van der Waals surface area contributed by atoms with Crippen LogP contribution in [0.25, 0.3) is 0 Å². The van der Waals surface area contributed by atoms with Gasteiger partial charge in [-0.15, -0.1) is 11.3 Å². The second-order valence-corrected chi connectivity index (χ2v) is 6.18. The lowest BCUT2D eigenvalue weighted by Crippen LogP contribution is -2.40. The molecule has 2 aliphatic heterocycles.